The normalized spacial score (nSPS) is 12.1. The van der Waals surface area contributed by atoms with Gasteiger partial charge in [0, 0.05) is 5.56 Å². The number of carbonyl (C=O) groups is 1. The molecule has 0 saturated carbocycles. The second kappa shape index (κ2) is 7.97. The van der Waals surface area contributed by atoms with Crippen LogP contribution in [0.1, 0.15) is 32.3 Å². The number of pyridine rings is 1. The zero-order chi connectivity index (χ0) is 19.6. The molecular weight excluding hydrogens is 386 g/mol. The van der Waals surface area contributed by atoms with Crippen molar-refractivity contribution in [3.05, 3.63) is 39.8 Å². The number of nitrogens with one attached hydrogen (secondary N) is 1. The number of carboxylic acid groups (broad SMARTS) is 1. The third-order valence-corrected chi connectivity index (χ3v) is 4.24. The van der Waals surface area contributed by atoms with E-state index in [4.69, 9.17) is 33.0 Å². The molecule has 2 rings (SSSR count). The van der Waals surface area contributed by atoms with Crippen LogP contribution in [-0.2, 0) is 4.79 Å². The number of phenolic OH excluding ortho intramolecular Hbond substituents is 1. The number of hydrogen-bond acceptors (Lipinski definition) is 5. The van der Waals surface area contributed by atoms with Crippen LogP contribution in [0.5, 0.6) is 17.2 Å². The van der Waals surface area contributed by atoms with Gasteiger partial charge in [0.15, 0.2) is 11.6 Å². The fraction of sp³-hybridized carbons (Fsp3) is 0.294. The molecule has 0 aliphatic heterocycles. The summed E-state index contributed by atoms with van der Waals surface area (Å²) < 4.78 is 19.6. The number of phenols is 1. The van der Waals surface area contributed by atoms with Crippen molar-refractivity contribution in [3.63, 3.8) is 0 Å². The average molecular weight is 403 g/mol. The summed E-state index contributed by atoms with van der Waals surface area (Å²) in [5.74, 6) is -2.24. The molecule has 0 bridgehead atoms. The predicted octanol–water partition coefficient (Wildman–Crippen LogP) is 5.03. The van der Waals surface area contributed by atoms with Crippen LogP contribution in [0.2, 0.25) is 10.0 Å². The van der Waals surface area contributed by atoms with Crippen molar-refractivity contribution in [1.82, 2.24) is 4.98 Å². The first-order valence-corrected chi connectivity index (χ1v) is 8.42. The molecule has 6 nitrogen and oxygen atoms in total. The Bertz CT molecular complexity index is 846. The Kier molecular flexibility index (Phi) is 6.15. The number of benzene rings is 1. The van der Waals surface area contributed by atoms with Crippen LogP contribution in [0.25, 0.3) is 0 Å². The highest BCUT2D eigenvalue weighted by molar-refractivity contribution is 6.38. The fourth-order valence-electron chi connectivity index (χ4n) is 2.12. The molecule has 0 amide bonds. The van der Waals surface area contributed by atoms with E-state index in [1.807, 2.05) is 13.8 Å². The van der Waals surface area contributed by atoms with Crippen LogP contribution in [0.15, 0.2) is 18.2 Å². The number of ether oxygens (including phenoxy) is 1. The SMILES string of the molecule is CC(C)c1cc(Oc2c(Cl)c(F)nc(N[C@@H](C)C(=O)O)c2Cl)ccc1O. The van der Waals surface area contributed by atoms with Gasteiger partial charge in [0.2, 0.25) is 5.95 Å². The highest BCUT2D eigenvalue weighted by Gasteiger charge is 2.22. The number of nitrogens with zero attached hydrogens (tertiary/aromatic N) is 1. The fourth-order valence-corrected chi connectivity index (χ4v) is 2.58. The molecule has 0 aliphatic carbocycles. The highest BCUT2D eigenvalue weighted by Crippen LogP contribution is 2.42. The summed E-state index contributed by atoms with van der Waals surface area (Å²) in [6.07, 6.45) is 0. The largest absolute Gasteiger partial charge is 0.508 e. The van der Waals surface area contributed by atoms with Gasteiger partial charge in [-0.05, 0) is 31.0 Å². The maximum Gasteiger partial charge on any atom is 0.325 e. The first-order valence-electron chi connectivity index (χ1n) is 7.66. The quantitative estimate of drug-likeness (QED) is 0.586. The predicted molar refractivity (Wildman–Crippen MR) is 97.2 cm³/mol. The molecule has 1 atom stereocenters. The summed E-state index contributed by atoms with van der Waals surface area (Å²) in [7, 11) is 0. The van der Waals surface area contributed by atoms with Gasteiger partial charge in [-0.3, -0.25) is 4.79 Å². The minimum atomic E-state index is -1.17. The Labute approximate surface area is 159 Å². The summed E-state index contributed by atoms with van der Waals surface area (Å²) >= 11 is 12.1. The highest BCUT2D eigenvalue weighted by atomic mass is 35.5. The molecule has 1 aromatic heterocycles. The zero-order valence-electron chi connectivity index (χ0n) is 14.2. The smallest absolute Gasteiger partial charge is 0.325 e. The summed E-state index contributed by atoms with van der Waals surface area (Å²) in [6, 6.07) is 3.43. The monoisotopic (exact) mass is 402 g/mol. The van der Waals surface area contributed by atoms with Crippen molar-refractivity contribution < 1.29 is 24.1 Å². The van der Waals surface area contributed by atoms with Crippen molar-refractivity contribution >= 4 is 35.0 Å². The molecule has 0 radical (unpaired) electrons. The maximum atomic E-state index is 14.0. The Morgan fingerprint density at radius 1 is 1.27 bits per heavy atom. The number of rotatable bonds is 6. The van der Waals surface area contributed by atoms with E-state index < -0.39 is 23.0 Å². The minimum absolute atomic E-state index is 0.0207. The molecule has 0 spiro atoms. The second-order valence-corrected chi connectivity index (χ2v) is 6.65. The summed E-state index contributed by atoms with van der Waals surface area (Å²) in [4.78, 5) is 14.5. The van der Waals surface area contributed by atoms with Gasteiger partial charge < -0.3 is 20.3 Å². The summed E-state index contributed by atoms with van der Waals surface area (Å²) in [5, 5.41) is 20.7. The number of anilines is 1. The number of hydrogen-bond donors (Lipinski definition) is 3. The summed E-state index contributed by atoms with van der Waals surface area (Å²) in [6.45, 7) is 5.13. The molecule has 3 N–H and O–H groups in total. The first kappa shape index (κ1) is 20.1. The Balaban J connectivity index is 2.45. The van der Waals surface area contributed by atoms with Gasteiger partial charge in [-0.15, -0.1) is 0 Å². The number of aromatic nitrogens is 1. The molecule has 1 aromatic carbocycles. The van der Waals surface area contributed by atoms with Gasteiger partial charge in [0.05, 0.1) is 0 Å². The van der Waals surface area contributed by atoms with Crippen LogP contribution >= 0.6 is 23.2 Å². The van der Waals surface area contributed by atoms with Crippen LogP contribution < -0.4 is 10.1 Å². The molecular formula is C17H17Cl2FN2O4. The number of aliphatic carboxylic acids is 1. The lowest BCUT2D eigenvalue weighted by Crippen LogP contribution is -2.26. The molecule has 140 valence electrons. The number of carboxylic acids is 1. The Morgan fingerprint density at radius 3 is 2.50 bits per heavy atom. The first-order chi connectivity index (χ1) is 12.1. The van der Waals surface area contributed by atoms with Gasteiger partial charge in [-0.1, -0.05) is 37.0 Å². The zero-order valence-corrected chi connectivity index (χ0v) is 15.7. The molecule has 2 aromatic rings. The maximum absolute atomic E-state index is 14.0. The van der Waals surface area contributed by atoms with Gasteiger partial charge in [-0.25, -0.2) is 0 Å². The average Bonchev–Trinajstić information content (AvgIpc) is 2.57. The molecule has 0 aliphatic rings. The van der Waals surface area contributed by atoms with E-state index in [9.17, 15) is 14.3 Å². The van der Waals surface area contributed by atoms with Crippen molar-refractivity contribution in [2.75, 3.05) is 5.32 Å². The number of aromatic hydroxyl groups is 1. The minimum Gasteiger partial charge on any atom is -0.508 e. The van der Waals surface area contributed by atoms with Crippen LogP contribution in [0.3, 0.4) is 0 Å². The van der Waals surface area contributed by atoms with E-state index in [0.29, 0.717) is 5.56 Å². The van der Waals surface area contributed by atoms with E-state index in [1.165, 1.54) is 19.1 Å². The molecule has 1 heterocycles. The van der Waals surface area contributed by atoms with E-state index in [-0.39, 0.29) is 34.0 Å². The van der Waals surface area contributed by atoms with Crippen molar-refractivity contribution in [3.8, 4) is 17.2 Å². The molecule has 0 unspecified atom stereocenters. The molecule has 9 heteroatoms. The van der Waals surface area contributed by atoms with Crippen LogP contribution in [0, 0.1) is 5.95 Å². The van der Waals surface area contributed by atoms with Crippen molar-refractivity contribution in [1.29, 1.82) is 0 Å². The lowest BCUT2D eigenvalue weighted by molar-refractivity contribution is -0.137. The van der Waals surface area contributed by atoms with Gasteiger partial charge >= 0.3 is 5.97 Å². The van der Waals surface area contributed by atoms with E-state index in [0.717, 1.165) is 0 Å². The van der Waals surface area contributed by atoms with Gasteiger partial charge in [0.25, 0.3) is 0 Å². The lowest BCUT2D eigenvalue weighted by atomic mass is 10.0. The molecule has 0 fully saturated rings. The van der Waals surface area contributed by atoms with E-state index in [1.54, 1.807) is 6.07 Å². The van der Waals surface area contributed by atoms with E-state index in [2.05, 4.69) is 10.3 Å². The van der Waals surface area contributed by atoms with Crippen LogP contribution in [-0.4, -0.2) is 27.2 Å². The summed E-state index contributed by atoms with van der Waals surface area (Å²) in [5.41, 5.74) is 0.627. The number of halogens is 3. The molecule has 26 heavy (non-hydrogen) atoms. The van der Waals surface area contributed by atoms with Crippen LogP contribution in [0.4, 0.5) is 10.2 Å². The topological polar surface area (TPSA) is 91.7 Å². The standard InChI is InChI=1S/C17H17Cl2FN2O4/c1-7(2)10-6-9(4-5-11(10)23)26-14-12(18)15(20)22-16(13(14)19)21-8(3)17(24)25/h4-8,23H,1-3H3,(H,21,22)(H,24,25)/t8-/m0/s1. The second-order valence-electron chi connectivity index (χ2n) is 5.89. The van der Waals surface area contributed by atoms with E-state index >= 15 is 0 Å². The van der Waals surface area contributed by atoms with Gasteiger partial charge in [0.1, 0.15) is 27.6 Å². The van der Waals surface area contributed by atoms with Crippen molar-refractivity contribution in [2.24, 2.45) is 0 Å². The Morgan fingerprint density at radius 2 is 1.92 bits per heavy atom. The lowest BCUT2D eigenvalue weighted by Gasteiger charge is -2.17. The van der Waals surface area contributed by atoms with Crippen molar-refractivity contribution in [2.45, 2.75) is 32.7 Å². The third kappa shape index (κ3) is 4.28. The molecule has 0 saturated heterocycles. The third-order valence-electron chi connectivity index (χ3n) is 3.56. The Hall–Kier alpha value is -2.25. The van der Waals surface area contributed by atoms with Gasteiger partial charge in [-0.2, -0.15) is 9.37 Å².